The fraction of sp³-hybridized carbons (Fsp3) is 0.286. The van der Waals surface area contributed by atoms with E-state index in [1.807, 2.05) is 0 Å². The van der Waals surface area contributed by atoms with Crippen molar-refractivity contribution in [1.82, 2.24) is 0 Å². The van der Waals surface area contributed by atoms with E-state index in [1.165, 1.54) is 7.11 Å². The second kappa shape index (κ2) is 3.89. The third kappa shape index (κ3) is 2.13. The van der Waals surface area contributed by atoms with Gasteiger partial charge in [-0.3, -0.25) is 5.41 Å². The van der Waals surface area contributed by atoms with Crippen molar-refractivity contribution in [3.05, 3.63) is 25.3 Å². The van der Waals surface area contributed by atoms with Crippen molar-refractivity contribution < 1.29 is 4.74 Å². The van der Waals surface area contributed by atoms with Gasteiger partial charge in [-0.1, -0.05) is 12.2 Å². The molecule has 50 valence electrons. The van der Waals surface area contributed by atoms with Crippen LogP contribution in [0.4, 0.5) is 0 Å². The maximum atomic E-state index is 7.13. The summed E-state index contributed by atoms with van der Waals surface area (Å²) < 4.78 is 4.63. The van der Waals surface area contributed by atoms with E-state index in [1.54, 1.807) is 12.2 Å². The van der Waals surface area contributed by atoms with Crippen LogP contribution in [0.2, 0.25) is 0 Å². The first-order valence-corrected chi connectivity index (χ1v) is 2.63. The minimum Gasteiger partial charge on any atom is -0.484 e. The molecule has 0 spiro atoms. The average Bonchev–Trinajstić information content (AvgIpc) is 1.90. The lowest BCUT2D eigenvalue weighted by Crippen LogP contribution is -2.09. The fourth-order valence-corrected chi connectivity index (χ4v) is 0.446. The predicted molar refractivity (Wildman–Crippen MR) is 38.6 cm³/mol. The molecule has 0 radical (unpaired) electrons. The van der Waals surface area contributed by atoms with Crippen molar-refractivity contribution in [1.29, 1.82) is 5.41 Å². The van der Waals surface area contributed by atoms with Crippen LogP contribution in [0.5, 0.6) is 0 Å². The minimum atomic E-state index is -0.144. The van der Waals surface area contributed by atoms with Crippen LogP contribution >= 0.6 is 0 Å². The first kappa shape index (κ1) is 7.95. The van der Waals surface area contributed by atoms with E-state index >= 15 is 0 Å². The molecular formula is C7H11NO. The van der Waals surface area contributed by atoms with Crippen LogP contribution < -0.4 is 0 Å². The Labute approximate surface area is 55.3 Å². The van der Waals surface area contributed by atoms with Gasteiger partial charge in [-0.25, -0.2) is 0 Å². The standard InChI is InChI=1S/C7H11NO/c1-4-6(5-2)7(8)9-3/h4-6,8H,1-2H2,3H3. The van der Waals surface area contributed by atoms with Gasteiger partial charge in [0.15, 0.2) is 5.90 Å². The van der Waals surface area contributed by atoms with Crippen LogP contribution in [0.3, 0.4) is 0 Å². The van der Waals surface area contributed by atoms with Gasteiger partial charge in [0.05, 0.1) is 13.0 Å². The molecule has 0 fully saturated rings. The second-order valence-electron chi connectivity index (χ2n) is 1.57. The lowest BCUT2D eigenvalue weighted by Gasteiger charge is -2.05. The molecule has 0 atom stereocenters. The van der Waals surface area contributed by atoms with Crippen LogP contribution in [0.15, 0.2) is 25.3 Å². The van der Waals surface area contributed by atoms with Crippen LogP contribution in [0.25, 0.3) is 0 Å². The van der Waals surface area contributed by atoms with E-state index in [0.717, 1.165) is 0 Å². The summed E-state index contributed by atoms with van der Waals surface area (Å²) in [5.41, 5.74) is 0. The van der Waals surface area contributed by atoms with Gasteiger partial charge in [0.2, 0.25) is 0 Å². The van der Waals surface area contributed by atoms with Gasteiger partial charge in [0, 0.05) is 0 Å². The number of hydrogen-bond donors (Lipinski definition) is 1. The van der Waals surface area contributed by atoms with Crippen LogP contribution in [0.1, 0.15) is 0 Å². The highest BCUT2D eigenvalue weighted by molar-refractivity contribution is 5.78. The topological polar surface area (TPSA) is 33.1 Å². The van der Waals surface area contributed by atoms with E-state index in [-0.39, 0.29) is 11.8 Å². The van der Waals surface area contributed by atoms with Gasteiger partial charge in [0.1, 0.15) is 0 Å². The number of rotatable bonds is 3. The number of hydrogen-bond acceptors (Lipinski definition) is 2. The van der Waals surface area contributed by atoms with Gasteiger partial charge >= 0.3 is 0 Å². The maximum Gasteiger partial charge on any atom is 0.191 e. The summed E-state index contributed by atoms with van der Waals surface area (Å²) in [6, 6.07) is 0. The molecule has 0 bridgehead atoms. The molecular weight excluding hydrogens is 114 g/mol. The SMILES string of the molecule is C=CC(C=C)C(=N)OC. The Bertz CT molecular complexity index is 121. The van der Waals surface area contributed by atoms with E-state index < -0.39 is 0 Å². The van der Waals surface area contributed by atoms with Gasteiger partial charge in [0.25, 0.3) is 0 Å². The minimum absolute atomic E-state index is 0.144. The molecule has 0 unspecified atom stereocenters. The van der Waals surface area contributed by atoms with Crippen molar-refractivity contribution in [3.63, 3.8) is 0 Å². The van der Waals surface area contributed by atoms with Crippen molar-refractivity contribution in [3.8, 4) is 0 Å². The monoisotopic (exact) mass is 125 g/mol. The van der Waals surface area contributed by atoms with Crippen molar-refractivity contribution in [2.24, 2.45) is 5.92 Å². The molecule has 0 saturated carbocycles. The van der Waals surface area contributed by atoms with Crippen molar-refractivity contribution in [2.45, 2.75) is 0 Å². The third-order valence-corrected chi connectivity index (χ3v) is 1.03. The van der Waals surface area contributed by atoms with E-state index in [9.17, 15) is 0 Å². The molecule has 0 saturated heterocycles. The van der Waals surface area contributed by atoms with Gasteiger partial charge in [-0.05, 0) is 0 Å². The van der Waals surface area contributed by atoms with Gasteiger partial charge in [-0.2, -0.15) is 0 Å². The molecule has 0 heterocycles. The Morgan fingerprint density at radius 2 is 2.00 bits per heavy atom. The van der Waals surface area contributed by atoms with Gasteiger partial charge < -0.3 is 4.74 Å². The summed E-state index contributed by atoms with van der Waals surface area (Å²) in [6.07, 6.45) is 3.22. The molecule has 0 aliphatic heterocycles. The summed E-state index contributed by atoms with van der Waals surface area (Å²) in [6.45, 7) is 7.02. The van der Waals surface area contributed by atoms with Crippen LogP contribution in [0, 0.1) is 11.3 Å². The van der Waals surface area contributed by atoms with Crippen molar-refractivity contribution >= 4 is 5.90 Å². The molecule has 0 aromatic rings. The number of methoxy groups -OCH3 is 1. The molecule has 0 aromatic heterocycles. The largest absolute Gasteiger partial charge is 0.484 e. The molecule has 0 aliphatic rings. The Balaban J connectivity index is 3.93. The van der Waals surface area contributed by atoms with E-state index in [2.05, 4.69) is 17.9 Å². The summed E-state index contributed by atoms with van der Waals surface area (Å²) in [7, 11) is 1.46. The lowest BCUT2D eigenvalue weighted by molar-refractivity contribution is 0.381. The molecule has 2 heteroatoms. The third-order valence-electron chi connectivity index (χ3n) is 1.03. The predicted octanol–water partition coefficient (Wildman–Crippen LogP) is 1.60. The Morgan fingerprint density at radius 1 is 1.56 bits per heavy atom. The fourth-order valence-electron chi connectivity index (χ4n) is 0.446. The quantitative estimate of drug-likeness (QED) is 0.347. The molecule has 0 rings (SSSR count). The summed E-state index contributed by atoms with van der Waals surface area (Å²) in [5.74, 6) is 0.0370. The molecule has 0 amide bonds. The summed E-state index contributed by atoms with van der Waals surface area (Å²) in [4.78, 5) is 0. The van der Waals surface area contributed by atoms with E-state index in [0.29, 0.717) is 0 Å². The van der Waals surface area contributed by atoms with Crippen LogP contribution in [-0.4, -0.2) is 13.0 Å². The number of ether oxygens (including phenoxy) is 1. The Morgan fingerprint density at radius 3 is 2.11 bits per heavy atom. The van der Waals surface area contributed by atoms with E-state index in [4.69, 9.17) is 5.41 Å². The molecule has 0 aromatic carbocycles. The highest BCUT2D eigenvalue weighted by Crippen LogP contribution is 2.00. The van der Waals surface area contributed by atoms with Crippen molar-refractivity contribution in [2.75, 3.05) is 7.11 Å². The smallest absolute Gasteiger partial charge is 0.191 e. The second-order valence-corrected chi connectivity index (χ2v) is 1.57. The zero-order valence-electron chi connectivity index (χ0n) is 5.55. The normalized spacial score (nSPS) is 8.67. The Hall–Kier alpha value is -1.05. The first-order valence-electron chi connectivity index (χ1n) is 2.63. The lowest BCUT2D eigenvalue weighted by atomic mass is 10.1. The van der Waals surface area contributed by atoms with Gasteiger partial charge in [-0.15, -0.1) is 13.2 Å². The first-order chi connectivity index (χ1) is 4.26. The highest BCUT2D eigenvalue weighted by Gasteiger charge is 2.03. The summed E-state index contributed by atoms with van der Waals surface area (Å²) >= 11 is 0. The number of nitrogens with one attached hydrogen (secondary N) is 1. The molecule has 2 nitrogen and oxygen atoms in total. The zero-order valence-corrected chi connectivity index (χ0v) is 5.55. The van der Waals surface area contributed by atoms with Crippen LogP contribution in [-0.2, 0) is 4.74 Å². The Kier molecular flexibility index (Phi) is 3.44. The maximum absolute atomic E-state index is 7.13. The highest BCUT2D eigenvalue weighted by atomic mass is 16.5. The average molecular weight is 125 g/mol. The summed E-state index contributed by atoms with van der Waals surface area (Å²) in [5, 5.41) is 7.13. The molecule has 9 heavy (non-hydrogen) atoms. The molecule has 1 N–H and O–H groups in total. The zero-order chi connectivity index (χ0) is 7.28. The molecule has 0 aliphatic carbocycles.